The standard InChI is InChI=1S/C18H20ClNO/c19-17-6-2-4-15(9-10-20)18(17)21-12-13-7-8-14-3-1-5-16(14)11-13/h2,4,6-8,11H,1,3,5,9-10,12,20H2. The Balaban J connectivity index is 1.76. The molecule has 110 valence electrons. The van der Waals surface area contributed by atoms with Crippen molar-refractivity contribution < 1.29 is 4.74 Å². The van der Waals surface area contributed by atoms with E-state index in [9.17, 15) is 0 Å². The second-order valence-corrected chi connectivity index (χ2v) is 5.92. The van der Waals surface area contributed by atoms with Gasteiger partial charge in [0.15, 0.2) is 0 Å². The van der Waals surface area contributed by atoms with Gasteiger partial charge in [0.05, 0.1) is 5.02 Å². The van der Waals surface area contributed by atoms with Crippen molar-refractivity contribution in [2.75, 3.05) is 6.54 Å². The monoisotopic (exact) mass is 301 g/mol. The van der Waals surface area contributed by atoms with Crippen molar-refractivity contribution in [2.45, 2.75) is 32.3 Å². The number of benzene rings is 2. The molecule has 0 heterocycles. The van der Waals surface area contributed by atoms with Gasteiger partial charge >= 0.3 is 0 Å². The summed E-state index contributed by atoms with van der Waals surface area (Å²) in [5.41, 5.74) is 10.9. The Bertz CT molecular complexity index is 639. The Morgan fingerprint density at radius 1 is 1.10 bits per heavy atom. The molecule has 0 bridgehead atoms. The molecule has 2 nitrogen and oxygen atoms in total. The van der Waals surface area contributed by atoms with E-state index in [0.29, 0.717) is 18.2 Å². The van der Waals surface area contributed by atoms with Crippen molar-refractivity contribution in [1.29, 1.82) is 0 Å². The third kappa shape index (κ3) is 3.22. The van der Waals surface area contributed by atoms with Gasteiger partial charge in [-0.15, -0.1) is 0 Å². The van der Waals surface area contributed by atoms with E-state index in [1.807, 2.05) is 18.2 Å². The number of hydrogen-bond acceptors (Lipinski definition) is 2. The van der Waals surface area contributed by atoms with E-state index in [-0.39, 0.29) is 0 Å². The zero-order valence-electron chi connectivity index (χ0n) is 12.1. The number of hydrogen-bond donors (Lipinski definition) is 1. The second kappa shape index (κ2) is 6.50. The van der Waals surface area contributed by atoms with Crippen molar-refractivity contribution in [2.24, 2.45) is 5.73 Å². The van der Waals surface area contributed by atoms with Gasteiger partial charge in [-0.25, -0.2) is 0 Å². The largest absolute Gasteiger partial charge is 0.487 e. The molecule has 0 saturated heterocycles. The highest BCUT2D eigenvalue weighted by molar-refractivity contribution is 6.32. The summed E-state index contributed by atoms with van der Waals surface area (Å²) in [7, 11) is 0. The summed E-state index contributed by atoms with van der Waals surface area (Å²) >= 11 is 6.26. The van der Waals surface area contributed by atoms with Gasteiger partial charge in [-0.2, -0.15) is 0 Å². The molecule has 1 aliphatic rings. The van der Waals surface area contributed by atoms with Crippen LogP contribution in [0.4, 0.5) is 0 Å². The summed E-state index contributed by atoms with van der Waals surface area (Å²) in [5.74, 6) is 0.769. The molecule has 2 aromatic carbocycles. The molecule has 0 spiro atoms. The molecular formula is C18H20ClNO. The fraction of sp³-hybridized carbons (Fsp3) is 0.333. The molecule has 21 heavy (non-hydrogen) atoms. The first-order valence-corrected chi connectivity index (χ1v) is 7.86. The Kier molecular flexibility index (Phi) is 4.47. The van der Waals surface area contributed by atoms with Crippen LogP contribution in [0.3, 0.4) is 0 Å². The van der Waals surface area contributed by atoms with E-state index in [0.717, 1.165) is 17.7 Å². The second-order valence-electron chi connectivity index (χ2n) is 5.51. The lowest BCUT2D eigenvalue weighted by Crippen LogP contribution is -2.06. The molecule has 0 aromatic heterocycles. The Morgan fingerprint density at radius 3 is 2.81 bits per heavy atom. The van der Waals surface area contributed by atoms with Gasteiger partial charge in [0.2, 0.25) is 0 Å². The SMILES string of the molecule is NCCc1cccc(Cl)c1OCc1ccc2c(c1)CCC2. The van der Waals surface area contributed by atoms with E-state index in [4.69, 9.17) is 22.1 Å². The molecule has 0 saturated carbocycles. The van der Waals surface area contributed by atoms with Crippen LogP contribution in [-0.4, -0.2) is 6.54 Å². The van der Waals surface area contributed by atoms with Crippen LogP contribution < -0.4 is 10.5 Å². The fourth-order valence-electron chi connectivity index (χ4n) is 2.94. The molecule has 3 heteroatoms. The van der Waals surface area contributed by atoms with Gasteiger partial charge in [0.1, 0.15) is 12.4 Å². The summed E-state index contributed by atoms with van der Waals surface area (Å²) in [6.07, 6.45) is 4.44. The first-order valence-electron chi connectivity index (χ1n) is 7.49. The molecule has 0 fully saturated rings. The van der Waals surface area contributed by atoms with E-state index in [2.05, 4.69) is 18.2 Å². The number of nitrogens with two attached hydrogens (primary N) is 1. The van der Waals surface area contributed by atoms with Gasteiger partial charge in [0.25, 0.3) is 0 Å². The molecule has 0 radical (unpaired) electrons. The fourth-order valence-corrected chi connectivity index (χ4v) is 3.19. The summed E-state index contributed by atoms with van der Waals surface area (Å²) in [6.45, 7) is 1.14. The lowest BCUT2D eigenvalue weighted by molar-refractivity contribution is 0.303. The molecule has 0 atom stereocenters. The van der Waals surface area contributed by atoms with Crippen LogP contribution in [0.25, 0.3) is 0 Å². The molecule has 0 unspecified atom stereocenters. The van der Waals surface area contributed by atoms with E-state index in [1.165, 1.54) is 36.0 Å². The van der Waals surface area contributed by atoms with Gasteiger partial charge in [0, 0.05) is 0 Å². The van der Waals surface area contributed by atoms with Crippen LogP contribution in [0.5, 0.6) is 5.75 Å². The normalized spacial score (nSPS) is 13.2. The number of ether oxygens (including phenoxy) is 1. The summed E-state index contributed by atoms with van der Waals surface area (Å²) in [4.78, 5) is 0. The van der Waals surface area contributed by atoms with Crippen LogP contribution in [-0.2, 0) is 25.9 Å². The average Bonchev–Trinajstić information content (AvgIpc) is 2.94. The van der Waals surface area contributed by atoms with Gasteiger partial charge in [-0.1, -0.05) is 41.9 Å². The third-order valence-corrected chi connectivity index (χ3v) is 4.31. The summed E-state index contributed by atoms with van der Waals surface area (Å²) < 4.78 is 5.98. The zero-order valence-corrected chi connectivity index (χ0v) is 12.8. The molecule has 3 rings (SSSR count). The Morgan fingerprint density at radius 2 is 1.95 bits per heavy atom. The number of fused-ring (bicyclic) bond motifs is 1. The van der Waals surface area contributed by atoms with Crippen LogP contribution in [0.15, 0.2) is 36.4 Å². The van der Waals surface area contributed by atoms with Crippen LogP contribution >= 0.6 is 11.6 Å². The highest BCUT2D eigenvalue weighted by Crippen LogP contribution is 2.30. The number of para-hydroxylation sites is 1. The number of aryl methyl sites for hydroxylation is 2. The topological polar surface area (TPSA) is 35.2 Å². The van der Waals surface area contributed by atoms with Crippen LogP contribution in [0, 0.1) is 0 Å². The highest BCUT2D eigenvalue weighted by atomic mass is 35.5. The van der Waals surface area contributed by atoms with Gasteiger partial charge in [-0.3, -0.25) is 0 Å². The lowest BCUT2D eigenvalue weighted by atomic mass is 10.1. The molecule has 0 aliphatic heterocycles. The van der Waals surface area contributed by atoms with E-state index < -0.39 is 0 Å². The van der Waals surface area contributed by atoms with E-state index in [1.54, 1.807) is 0 Å². The first-order chi connectivity index (χ1) is 10.3. The number of rotatable bonds is 5. The average molecular weight is 302 g/mol. The molecule has 2 N–H and O–H groups in total. The Labute approximate surface area is 130 Å². The minimum atomic E-state index is 0.550. The predicted molar refractivity (Wildman–Crippen MR) is 87.0 cm³/mol. The molecule has 1 aliphatic carbocycles. The minimum Gasteiger partial charge on any atom is -0.487 e. The maximum Gasteiger partial charge on any atom is 0.141 e. The van der Waals surface area contributed by atoms with Gasteiger partial charge < -0.3 is 10.5 Å². The molecule has 0 amide bonds. The summed E-state index contributed by atoms with van der Waals surface area (Å²) in [5, 5.41) is 0.655. The van der Waals surface area contributed by atoms with Crippen molar-refractivity contribution >= 4 is 11.6 Å². The Hall–Kier alpha value is -1.51. The van der Waals surface area contributed by atoms with Crippen LogP contribution in [0.1, 0.15) is 28.7 Å². The molecule has 2 aromatic rings. The van der Waals surface area contributed by atoms with Crippen molar-refractivity contribution in [3.63, 3.8) is 0 Å². The number of halogens is 1. The van der Waals surface area contributed by atoms with Crippen molar-refractivity contribution in [3.8, 4) is 5.75 Å². The van der Waals surface area contributed by atoms with Crippen molar-refractivity contribution in [3.05, 3.63) is 63.7 Å². The quantitative estimate of drug-likeness (QED) is 0.909. The van der Waals surface area contributed by atoms with E-state index >= 15 is 0 Å². The lowest BCUT2D eigenvalue weighted by Gasteiger charge is -2.13. The third-order valence-electron chi connectivity index (χ3n) is 4.01. The van der Waals surface area contributed by atoms with Crippen LogP contribution in [0.2, 0.25) is 5.02 Å². The summed E-state index contributed by atoms with van der Waals surface area (Å²) in [6, 6.07) is 12.5. The minimum absolute atomic E-state index is 0.550. The smallest absolute Gasteiger partial charge is 0.141 e. The van der Waals surface area contributed by atoms with Gasteiger partial charge in [-0.05, 0) is 60.5 Å². The first kappa shape index (κ1) is 14.4. The highest BCUT2D eigenvalue weighted by Gasteiger charge is 2.12. The maximum absolute atomic E-state index is 6.26. The maximum atomic E-state index is 6.26. The predicted octanol–water partition coefficient (Wildman–Crippen LogP) is 3.91. The van der Waals surface area contributed by atoms with Crippen molar-refractivity contribution in [1.82, 2.24) is 0 Å². The zero-order chi connectivity index (χ0) is 14.7. The molecular weight excluding hydrogens is 282 g/mol.